The second kappa shape index (κ2) is 15.1. The molecule has 2 heteroatoms. The molecule has 0 atom stereocenters. The number of ether oxygens (including phenoxy) is 2. The maximum Gasteiger partial charge on any atom is 0.132 e. The highest BCUT2D eigenvalue weighted by Gasteiger charge is 2.50. The summed E-state index contributed by atoms with van der Waals surface area (Å²) in [5.41, 5.74) is 17.4. The second-order valence-electron chi connectivity index (χ2n) is 16.4. The molecule has 0 saturated heterocycles. The van der Waals surface area contributed by atoms with Gasteiger partial charge in [-0.2, -0.15) is 0 Å². The number of hydrogen-bond donors (Lipinski definition) is 0. The summed E-state index contributed by atoms with van der Waals surface area (Å²) in [6, 6.07) is 87.1. The summed E-state index contributed by atoms with van der Waals surface area (Å²) >= 11 is 0. The maximum atomic E-state index is 7.05. The van der Waals surface area contributed by atoms with Crippen molar-refractivity contribution in [2.45, 2.75) is 5.41 Å². The van der Waals surface area contributed by atoms with Gasteiger partial charge in [-0.1, -0.05) is 170 Å². The third kappa shape index (κ3) is 6.26. The molecule has 2 nitrogen and oxygen atoms in total. The van der Waals surface area contributed by atoms with Crippen LogP contribution < -0.4 is 9.47 Å². The van der Waals surface area contributed by atoms with Crippen LogP contribution in [0, 0.1) is 0 Å². The van der Waals surface area contributed by atoms with E-state index in [-0.39, 0.29) is 0 Å². The van der Waals surface area contributed by atoms with Crippen molar-refractivity contribution in [2.75, 3.05) is 0 Å². The highest BCUT2D eigenvalue weighted by Crippen LogP contribution is 2.62. The number of para-hydroxylation sites is 2. The van der Waals surface area contributed by atoms with Crippen LogP contribution in [0.4, 0.5) is 0 Å². The van der Waals surface area contributed by atoms with Crippen LogP contribution in [-0.2, 0) is 5.41 Å². The fourth-order valence-corrected chi connectivity index (χ4v) is 9.80. The van der Waals surface area contributed by atoms with Crippen molar-refractivity contribution in [1.82, 2.24) is 0 Å². The summed E-state index contributed by atoms with van der Waals surface area (Å²) in [5, 5.41) is 0. The van der Waals surface area contributed by atoms with Crippen LogP contribution in [-0.4, -0.2) is 0 Å². The van der Waals surface area contributed by atoms with Gasteiger partial charge in [0.2, 0.25) is 0 Å². The van der Waals surface area contributed by atoms with Crippen LogP contribution in [0.5, 0.6) is 23.0 Å². The Morgan fingerprint density at radius 2 is 0.460 bits per heavy atom. The van der Waals surface area contributed by atoms with Gasteiger partial charge in [0.15, 0.2) is 0 Å². The molecule has 2 aliphatic heterocycles. The zero-order valence-corrected chi connectivity index (χ0v) is 34.4. The molecular weight excluding hydrogens is 765 g/mol. The van der Waals surface area contributed by atoms with Gasteiger partial charge >= 0.3 is 0 Å². The SMILES string of the molecule is c1ccc(-c2cc(-c3ccccc3)cc(-c3ccc4c(c3)C3(c5ccccc5Oc5ccccc53)c3cc(-c5cc(-c6ccccc6)cc(-c6ccccc6)c5)ccc3O4)c2)cc1. The lowest BCUT2D eigenvalue weighted by molar-refractivity contribution is 0.399. The van der Waals surface area contributed by atoms with E-state index < -0.39 is 5.41 Å². The zero-order chi connectivity index (χ0) is 41.7. The Balaban J connectivity index is 1.11. The lowest BCUT2D eigenvalue weighted by Crippen LogP contribution is -2.36. The fraction of sp³-hybridized carbons (Fsp3) is 0.0164. The van der Waals surface area contributed by atoms with Gasteiger partial charge < -0.3 is 9.47 Å². The van der Waals surface area contributed by atoms with E-state index in [9.17, 15) is 0 Å². The van der Waals surface area contributed by atoms with Crippen LogP contribution >= 0.6 is 0 Å². The standard InChI is InChI=1S/C61H40O2/c1-5-17-41(18-6-1)47-33-48(42-19-7-2-8-20-42)36-51(35-47)45-29-31-59-55(39-45)61(53-25-13-15-27-57(53)62-58-28-16-14-26-54(58)61)56-40-46(30-32-60(56)63-59)52-37-49(43-21-9-3-10-22-43)34-50(38-52)44-23-11-4-12-24-44/h1-40H. The first-order chi connectivity index (χ1) is 31.2. The Bertz CT molecular complexity index is 2980. The molecule has 0 N–H and O–H groups in total. The minimum Gasteiger partial charge on any atom is -0.457 e. The summed E-state index contributed by atoms with van der Waals surface area (Å²) in [4.78, 5) is 0. The summed E-state index contributed by atoms with van der Waals surface area (Å²) in [6.07, 6.45) is 0. The van der Waals surface area contributed by atoms with Crippen molar-refractivity contribution < 1.29 is 9.47 Å². The van der Waals surface area contributed by atoms with Crippen LogP contribution in [0.25, 0.3) is 66.8 Å². The Morgan fingerprint density at radius 1 is 0.190 bits per heavy atom. The highest BCUT2D eigenvalue weighted by molar-refractivity contribution is 5.86. The smallest absolute Gasteiger partial charge is 0.132 e. The van der Waals surface area contributed by atoms with E-state index in [1.807, 2.05) is 0 Å². The molecule has 0 amide bonds. The van der Waals surface area contributed by atoms with Gasteiger partial charge in [-0.15, -0.1) is 0 Å². The third-order valence-corrected chi connectivity index (χ3v) is 12.8. The molecule has 0 fully saturated rings. The molecule has 2 heterocycles. The Hall–Kier alpha value is -8.20. The molecule has 63 heavy (non-hydrogen) atoms. The summed E-state index contributed by atoms with van der Waals surface area (Å²) in [5.74, 6) is 3.32. The monoisotopic (exact) mass is 804 g/mol. The molecule has 1 spiro atoms. The van der Waals surface area contributed by atoms with Crippen molar-refractivity contribution in [3.63, 3.8) is 0 Å². The average molecular weight is 805 g/mol. The summed E-state index contributed by atoms with van der Waals surface area (Å²) < 4.78 is 13.8. The highest BCUT2D eigenvalue weighted by atomic mass is 16.5. The Labute approximate surface area is 368 Å². The van der Waals surface area contributed by atoms with Gasteiger partial charge in [0.25, 0.3) is 0 Å². The average Bonchev–Trinajstić information content (AvgIpc) is 3.37. The number of hydrogen-bond acceptors (Lipinski definition) is 2. The molecule has 10 aromatic rings. The number of fused-ring (bicyclic) bond motifs is 8. The molecular formula is C61H40O2. The molecule has 2 aliphatic rings. The van der Waals surface area contributed by atoms with E-state index in [0.29, 0.717) is 0 Å². The van der Waals surface area contributed by atoms with Gasteiger partial charge in [-0.25, -0.2) is 0 Å². The minimum atomic E-state index is -0.779. The topological polar surface area (TPSA) is 18.5 Å². The molecule has 0 aliphatic carbocycles. The second-order valence-corrected chi connectivity index (χ2v) is 16.4. The molecule has 12 rings (SSSR count). The quantitative estimate of drug-likeness (QED) is 0.167. The molecule has 296 valence electrons. The third-order valence-electron chi connectivity index (χ3n) is 12.8. The lowest BCUT2D eigenvalue weighted by Gasteiger charge is -2.45. The zero-order valence-electron chi connectivity index (χ0n) is 34.4. The van der Waals surface area contributed by atoms with Crippen molar-refractivity contribution in [2.24, 2.45) is 0 Å². The first-order valence-corrected chi connectivity index (χ1v) is 21.6. The van der Waals surface area contributed by atoms with Gasteiger partial charge in [0.05, 0.1) is 5.41 Å². The van der Waals surface area contributed by atoms with Gasteiger partial charge in [-0.05, 0) is 140 Å². The van der Waals surface area contributed by atoms with Crippen LogP contribution in [0.2, 0.25) is 0 Å². The molecule has 10 aromatic carbocycles. The van der Waals surface area contributed by atoms with Crippen LogP contribution in [0.15, 0.2) is 243 Å². The van der Waals surface area contributed by atoms with Crippen LogP contribution in [0.3, 0.4) is 0 Å². The van der Waals surface area contributed by atoms with Crippen molar-refractivity contribution >= 4 is 0 Å². The predicted octanol–water partition coefficient (Wildman–Crippen LogP) is 16.3. The first kappa shape index (κ1) is 36.6. The molecule has 0 bridgehead atoms. The maximum absolute atomic E-state index is 7.05. The van der Waals surface area contributed by atoms with Gasteiger partial charge in [0, 0.05) is 22.3 Å². The molecule has 0 saturated carbocycles. The van der Waals surface area contributed by atoms with E-state index in [1.54, 1.807) is 0 Å². The van der Waals surface area contributed by atoms with E-state index in [1.165, 1.54) is 44.5 Å². The van der Waals surface area contributed by atoms with Gasteiger partial charge in [-0.3, -0.25) is 0 Å². The van der Waals surface area contributed by atoms with Crippen molar-refractivity contribution in [3.8, 4) is 89.8 Å². The fourth-order valence-electron chi connectivity index (χ4n) is 9.80. The number of benzene rings is 10. The largest absolute Gasteiger partial charge is 0.457 e. The summed E-state index contributed by atoms with van der Waals surface area (Å²) in [6.45, 7) is 0. The van der Waals surface area contributed by atoms with Crippen molar-refractivity contribution in [3.05, 3.63) is 265 Å². The normalized spacial score (nSPS) is 12.8. The van der Waals surface area contributed by atoms with E-state index in [2.05, 4.69) is 243 Å². The Morgan fingerprint density at radius 3 is 0.794 bits per heavy atom. The number of rotatable bonds is 6. The lowest BCUT2D eigenvalue weighted by atomic mass is 9.62. The minimum absolute atomic E-state index is 0.779. The Kier molecular flexibility index (Phi) is 8.76. The van der Waals surface area contributed by atoms with E-state index >= 15 is 0 Å². The van der Waals surface area contributed by atoms with E-state index in [4.69, 9.17) is 9.47 Å². The molecule has 0 unspecified atom stereocenters. The molecule has 0 aromatic heterocycles. The van der Waals surface area contributed by atoms with Gasteiger partial charge in [0.1, 0.15) is 23.0 Å². The molecule has 0 radical (unpaired) electrons. The predicted molar refractivity (Wildman–Crippen MR) is 258 cm³/mol. The first-order valence-electron chi connectivity index (χ1n) is 21.6. The summed E-state index contributed by atoms with van der Waals surface area (Å²) in [7, 11) is 0. The van der Waals surface area contributed by atoms with Crippen LogP contribution in [0.1, 0.15) is 22.3 Å². The van der Waals surface area contributed by atoms with E-state index in [0.717, 1.165) is 67.5 Å². The van der Waals surface area contributed by atoms with Crippen molar-refractivity contribution in [1.29, 1.82) is 0 Å².